The smallest absolute Gasteiger partial charge is 0.192 e. The number of rotatable bonds is 1. The highest BCUT2D eigenvalue weighted by Gasteiger charge is 2.08. The molecule has 1 rings (SSSR count). The highest BCUT2D eigenvalue weighted by atomic mass is 32.2. The molecule has 0 aromatic carbocycles. The summed E-state index contributed by atoms with van der Waals surface area (Å²) in [6, 6.07) is 3.29. The van der Waals surface area contributed by atoms with Gasteiger partial charge in [-0.05, 0) is 13.0 Å². The van der Waals surface area contributed by atoms with Crippen molar-refractivity contribution in [2.75, 3.05) is 6.26 Å². The van der Waals surface area contributed by atoms with Crippen molar-refractivity contribution in [2.24, 2.45) is 0 Å². The Morgan fingerprint density at radius 2 is 2.00 bits per heavy atom. The van der Waals surface area contributed by atoms with E-state index >= 15 is 0 Å². The average Bonchev–Trinajstić information content (AvgIpc) is 1.92. The predicted molar refractivity (Wildman–Crippen MR) is 50.3 cm³/mol. The third kappa shape index (κ3) is 1.85. The lowest BCUT2D eigenvalue weighted by Crippen LogP contribution is -2.12. The van der Waals surface area contributed by atoms with Crippen molar-refractivity contribution in [3.8, 4) is 0 Å². The van der Waals surface area contributed by atoms with E-state index in [0.717, 1.165) is 17.4 Å². The van der Waals surface area contributed by atoms with Gasteiger partial charge < -0.3 is 0 Å². The molecule has 1 aromatic rings. The van der Waals surface area contributed by atoms with Crippen LogP contribution in [0.4, 0.5) is 0 Å². The Balaban J connectivity index is 3.33. The van der Waals surface area contributed by atoms with Gasteiger partial charge in [0.05, 0.1) is 0 Å². The first-order chi connectivity index (χ1) is 5.41. The van der Waals surface area contributed by atoms with Gasteiger partial charge in [-0.15, -0.1) is 0 Å². The van der Waals surface area contributed by atoms with Gasteiger partial charge in [-0.3, -0.25) is 0 Å². The largest absolute Gasteiger partial charge is 0.242 e. The highest BCUT2D eigenvalue weighted by Crippen LogP contribution is 2.03. The summed E-state index contributed by atoms with van der Waals surface area (Å²) < 4.78 is 22.1. The van der Waals surface area contributed by atoms with E-state index in [1.54, 1.807) is 13.0 Å². The van der Waals surface area contributed by atoms with E-state index in [1.165, 1.54) is 6.07 Å². The predicted octanol–water partition coefficient (Wildman–Crippen LogP) is -0.948. The van der Waals surface area contributed by atoms with Crippen molar-refractivity contribution < 1.29 is 8.42 Å². The first-order valence-corrected chi connectivity index (χ1v) is 5.45. The molecule has 0 bridgehead atoms. The first-order valence-electron chi connectivity index (χ1n) is 3.55. The van der Waals surface area contributed by atoms with Gasteiger partial charge in [0.2, 0.25) is 0 Å². The molecule has 0 aliphatic carbocycles. The van der Waals surface area contributed by atoms with Crippen molar-refractivity contribution in [1.29, 1.82) is 0 Å². The van der Waals surface area contributed by atoms with Gasteiger partial charge in [0, 0.05) is 11.9 Å². The fraction of sp³-hybridized carbons (Fsp3) is 0.286. The number of pyridine rings is 1. The SMILES string of the molecule is Bc1ccc(S(C)(=O)=O)nc1C. The molecule has 0 saturated carbocycles. The summed E-state index contributed by atoms with van der Waals surface area (Å²) in [6.45, 7) is 1.80. The number of hydrogen-bond acceptors (Lipinski definition) is 3. The summed E-state index contributed by atoms with van der Waals surface area (Å²) in [7, 11) is -1.26. The Bertz CT molecular complexity index is 400. The maximum atomic E-state index is 11.0. The molecule has 12 heavy (non-hydrogen) atoms. The Morgan fingerprint density at radius 3 is 2.42 bits per heavy atom. The third-order valence-electron chi connectivity index (χ3n) is 1.70. The van der Waals surface area contributed by atoms with Crippen LogP contribution in [0.1, 0.15) is 5.69 Å². The van der Waals surface area contributed by atoms with E-state index in [1.807, 2.05) is 7.85 Å². The van der Waals surface area contributed by atoms with Gasteiger partial charge in [-0.25, -0.2) is 13.4 Å². The number of sulfone groups is 1. The molecule has 0 radical (unpaired) electrons. The van der Waals surface area contributed by atoms with Crippen molar-refractivity contribution in [1.82, 2.24) is 4.98 Å². The van der Waals surface area contributed by atoms with E-state index in [2.05, 4.69) is 4.98 Å². The first kappa shape index (κ1) is 9.25. The summed E-state index contributed by atoms with van der Waals surface area (Å²) in [6.07, 6.45) is 1.16. The fourth-order valence-electron chi connectivity index (χ4n) is 0.814. The Hall–Kier alpha value is -0.835. The van der Waals surface area contributed by atoms with Crippen molar-refractivity contribution in [3.05, 3.63) is 17.8 Å². The molecule has 0 N–H and O–H groups in total. The van der Waals surface area contributed by atoms with Gasteiger partial charge in [0.25, 0.3) is 0 Å². The average molecular weight is 183 g/mol. The van der Waals surface area contributed by atoms with Crippen molar-refractivity contribution in [3.63, 3.8) is 0 Å². The van der Waals surface area contributed by atoms with Gasteiger partial charge >= 0.3 is 0 Å². The van der Waals surface area contributed by atoms with Crippen molar-refractivity contribution >= 4 is 23.1 Å². The minimum atomic E-state index is -3.15. The van der Waals surface area contributed by atoms with Gasteiger partial charge in [0.15, 0.2) is 14.9 Å². The summed E-state index contributed by atoms with van der Waals surface area (Å²) >= 11 is 0. The molecule has 0 aliphatic rings. The number of aromatic nitrogens is 1. The van der Waals surface area contributed by atoms with E-state index in [0.29, 0.717) is 0 Å². The second-order valence-electron chi connectivity index (χ2n) is 2.82. The van der Waals surface area contributed by atoms with Gasteiger partial charge in [-0.2, -0.15) is 0 Å². The van der Waals surface area contributed by atoms with Crippen LogP contribution in [0.3, 0.4) is 0 Å². The molecule has 0 atom stereocenters. The van der Waals surface area contributed by atoms with Gasteiger partial charge in [0.1, 0.15) is 7.85 Å². The summed E-state index contributed by atoms with van der Waals surface area (Å²) in [5.41, 5.74) is 1.76. The Kier molecular flexibility index (Phi) is 2.23. The van der Waals surface area contributed by atoms with Crippen LogP contribution in [-0.2, 0) is 9.84 Å². The Labute approximate surface area is 73.2 Å². The number of hydrogen-bond donors (Lipinski definition) is 0. The minimum Gasteiger partial charge on any atom is -0.242 e. The Morgan fingerprint density at radius 1 is 1.42 bits per heavy atom. The topological polar surface area (TPSA) is 47.0 Å². The summed E-state index contributed by atoms with van der Waals surface area (Å²) in [5.74, 6) is 0. The number of nitrogens with zero attached hydrogens (tertiary/aromatic N) is 1. The zero-order chi connectivity index (χ0) is 9.35. The maximum absolute atomic E-state index is 11.0. The molecule has 0 amide bonds. The molecule has 0 unspecified atom stereocenters. The van der Waals surface area contributed by atoms with E-state index < -0.39 is 9.84 Å². The molecule has 1 aromatic heterocycles. The van der Waals surface area contributed by atoms with E-state index in [4.69, 9.17) is 0 Å². The van der Waals surface area contributed by atoms with Crippen LogP contribution in [-0.4, -0.2) is 27.5 Å². The lowest BCUT2D eigenvalue weighted by atomic mass is 9.95. The second-order valence-corrected chi connectivity index (χ2v) is 4.79. The molecule has 0 fully saturated rings. The fourth-order valence-corrected chi connectivity index (χ4v) is 1.43. The van der Waals surface area contributed by atoms with Crippen LogP contribution in [0.25, 0.3) is 0 Å². The van der Waals surface area contributed by atoms with Crippen LogP contribution < -0.4 is 5.46 Å². The quantitative estimate of drug-likeness (QED) is 0.527. The number of aryl methyl sites for hydroxylation is 1. The third-order valence-corrected chi connectivity index (χ3v) is 2.69. The second kappa shape index (κ2) is 2.90. The van der Waals surface area contributed by atoms with E-state index in [-0.39, 0.29) is 5.03 Å². The lowest BCUT2D eigenvalue weighted by molar-refractivity contribution is 0.598. The normalized spacial score (nSPS) is 11.5. The minimum absolute atomic E-state index is 0.144. The van der Waals surface area contributed by atoms with Crippen LogP contribution in [0.2, 0.25) is 0 Å². The van der Waals surface area contributed by atoms with Crippen LogP contribution in [0, 0.1) is 6.92 Å². The van der Waals surface area contributed by atoms with Crippen molar-refractivity contribution in [2.45, 2.75) is 11.9 Å². The summed E-state index contributed by atoms with van der Waals surface area (Å²) in [5, 5.41) is 0.144. The zero-order valence-corrected chi connectivity index (χ0v) is 8.14. The molecular weight excluding hydrogens is 173 g/mol. The molecule has 3 nitrogen and oxygen atoms in total. The molecule has 64 valence electrons. The summed E-state index contributed by atoms with van der Waals surface area (Å²) in [4.78, 5) is 3.96. The highest BCUT2D eigenvalue weighted by molar-refractivity contribution is 7.90. The molecule has 5 heteroatoms. The molecule has 0 spiro atoms. The molecule has 0 saturated heterocycles. The monoisotopic (exact) mass is 183 g/mol. The molecular formula is C7H10BNO2S. The van der Waals surface area contributed by atoms with Crippen LogP contribution >= 0.6 is 0 Å². The maximum Gasteiger partial charge on any atom is 0.192 e. The van der Waals surface area contributed by atoms with Gasteiger partial charge in [-0.1, -0.05) is 11.5 Å². The molecule has 0 aliphatic heterocycles. The zero-order valence-electron chi connectivity index (χ0n) is 7.33. The standard InChI is InChI=1S/C7H10BNO2S/c1-5-6(8)3-4-7(9-5)12(2,10)11/h3-4H,8H2,1-2H3. The van der Waals surface area contributed by atoms with Crippen LogP contribution in [0.15, 0.2) is 17.2 Å². The van der Waals surface area contributed by atoms with Crippen LogP contribution in [0.5, 0.6) is 0 Å². The van der Waals surface area contributed by atoms with E-state index in [9.17, 15) is 8.42 Å². The lowest BCUT2D eigenvalue weighted by Gasteiger charge is -2.01. The molecule has 1 heterocycles.